The maximum absolute atomic E-state index is 13.2. The molecule has 208 valence electrons. The summed E-state index contributed by atoms with van der Waals surface area (Å²) in [5, 5.41) is 5.45. The van der Waals surface area contributed by atoms with E-state index in [0.29, 0.717) is 16.0 Å². The first-order valence-corrected chi connectivity index (χ1v) is 13.3. The standard InChI is InChI=1S/C29H29BrN4O6/c1-20(27(35)31-17-25-16-26(30)33-40-25)34(29(37)39-19-22-10-6-3-7-11-22)24-14-12-23(13-15-24)32-28(36)38-18-21-8-4-2-5-9-21/h2-16,20,25,33H,17-19H2,1H3,(H,31,35)(H,32,36)/t20-,25?/m0/s1. The zero-order valence-electron chi connectivity index (χ0n) is 21.7. The van der Waals surface area contributed by atoms with Gasteiger partial charge in [0.15, 0.2) is 0 Å². The Bertz CT molecular complexity index is 1320. The van der Waals surface area contributed by atoms with E-state index in [9.17, 15) is 14.4 Å². The normalized spacial score (nSPS) is 14.8. The zero-order chi connectivity index (χ0) is 28.3. The first kappa shape index (κ1) is 28.7. The van der Waals surface area contributed by atoms with Crippen LogP contribution in [0.2, 0.25) is 0 Å². The molecule has 1 aliphatic rings. The third-order valence-corrected chi connectivity index (χ3v) is 6.32. The van der Waals surface area contributed by atoms with Crippen molar-refractivity contribution < 1.29 is 28.7 Å². The van der Waals surface area contributed by atoms with E-state index < -0.39 is 24.1 Å². The van der Waals surface area contributed by atoms with Gasteiger partial charge in [0, 0.05) is 11.4 Å². The molecule has 3 amide bonds. The Kier molecular flexibility index (Phi) is 10.1. The van der Waals surface area contributed by atoms with E-state index in [4.69, 9.17) is 14.3 Å². The number of ether oxygens (including phenoxy) is 2. The van der Waals surface area contributed by atoms with Crippen LogP contribution in [0.1, 0.15) is 18.1 Å². The maximum Gasteiger partial charge on any atom is 0.415 e. The van der Waals surface area contributed by atoms with Gasteiger partial charge in [-0.1, -0.05) is 60.7 Å². The molecule has 1 heterocycles. The van der Waals surface area contributed by atoms with E-state index in [1.165, 1.54) is 4.90 Å². The molecule has 4 rings (SSSR count). The van der Waals surface area contributed by atoms with Gasteiger partial charge >= 0.3 is 12.2 Å². The van der Waals surface area contributed by atoms with Gasteiger partial charge in [0.05, 0.1) is 6.54 Å². The van der Waals surface area contributed by atoms with Crippen LogP contribution in [0.3, 0.4) is 0 Å². The molecule has 0 saturated heterocycles. The van der Waals surface area contributed by atoms with Crippen LogP contribution >= 0.6 is 15.9 Å². The predicted octanol–water partition coefficient (Wildman–Crippen LogP) is 5.22. The second kappa shape index (κ2) is 14.2. The van der Waals surface area contributed by atoms with Gasteiger partial charge in [0.2, 0.25) is 5.91 Å². The number of carbonyl (C=O) groups excluding carboxylic acids is 3. The molecule has 3 aromatic rings. The second-order valence-electron chi connectivity index (χ2n) is 8.84. The average molecular weight is 609 g/mol. The highest BCUT2D eigenvalue weighted by Gasteiger charge is 2.29. The summed E-state index contributed by atoms with van der Waals surface area (Å²) < 4.78 is 11.5. The minimum absolute atomic E-state index is 0.0395. The van der Waals surface area contributed by atoms with Crippen LogP contribution in [-0.4, -0.2) is 36.8 Å². The molecule has 0 fully saturated rings. The van der Waals surface area contributed by atoms with Crippen LogP contribution < -0.4 is 21.0 Å². The molecule has 0 bridgehead atoms. The molecule has 0 aromatic heterocycles. The fourth-order valence-corrected chi connectivity index (χ4v) is 4.18. The molecule has 10 nitrogen and oxygen atoms in total. The highest BCUT2D eigenvalue weighted by Crippen LogP contribution is 2.22. The van der Waals surface area contributed by atoms with E-state index in [0.717, 1.165) is 11.1 Å². The Morgan fingerprint density at radius 2 is 1.52 bits per heavy atom. The lowest BCUT2D eigenvalue weighted by atomic mass is 10.2. The van der Waals surface area contributed by atoms with Crippen molar-refractivity contribution in [3.05, 3.63) is 107 Å². The highest BCUT2D eigenvalue weighted by molar-refractivity contribution is 9.11. The number of hydrogen-bond acceptors (Lipinski definition) is 7. The lowest BCUT2D eigenvalue weighted by Crippen LogP contribution is -2.49. The Morgan fingerprint density at radius 1 is 0.925 bits per heavy atom. The molecule has 0 spiro atoms. The average Bonchev–Trinajstić information content (AvgIpc) is 3.40. The van der Waals surface area contributed by atoms with Crippen LogP contribution in [0.5, 0.6) is 0 Å². The number of rotatable bonds is 10. The molecular weight excluding hydrogens is 580 g/mol. The highest BCUT2D eigenvalue weighted by atomic mass is 79.9. The van der Waals surface area contributed by atoms with Gasteiger partial charge in [-0.15, -0.1) is 0 Å². The summed E-state index contributed by atoms with van der Waals surface area (Å²) >= 11 is 3.27. The van der Waals surface area contributed by atoms with E-state index in [2.05, 4.69) is 32.0 Å². The van der Waals surface area contributed by atoms with Gasteiger partial charge in [-0.25, -0.2) is 9.59 Å². The molecule has 1 unspecified atom stereocenters. The molecule has 1 aliphatic heterocycles. The molecule has 3 aromatic carbocycles. The minimum Gasteiger partial charge on any atom is -0.444 e. The number of hydrogen-bond donors (Lipinski definition) is 3. The summed E-state index contributed by atoms with van der Waals surface area (Å²) in [6.07, 6.45) is 0.0904. The summed E-state index contributed by atoms with van der Waals surface area (Å²) in [5.41, 5.74) is 5.20. The van der Waals surface area contributed by atoms with Crippen LogP contribution in [0.25, 0.3) is 0 Å². The summed E-state index contributed by atoms with van der Waals surface area (Å²) in [5.74, 6) is -0.400. The van der Waals surface area contributed by atoms with E-state index >= 15 is 0 Å². The smallest absolute Gasteiger partial charge is 0.415 e. The van der Waals surface area contributed by atoms with Crippen molar-refractivity contribution in [2.24, 2.45) is 0 Å². The van der Waals surface area contributed by atoms with Gasteiger partial charge in [-0.2, -0.15) is 0 Å². The fourth-order valence-electron chi connectivity index (χ4n) is 3.79. The zero-order valence-corrected chi connectivity index (χ0v) is 23.3. The summed E-state index contributed by atoms with van der Waals surface area (Å²) in [7, 11) is 0. The number of nitrogens with zero attached hydrogens (tertiary/aromatic N) is 1. The molecule has 0 aliphatic carbocycles. The third-order valence-electron chi connectivity index (χ3n) is 5.89. The first-order chi connectivity index (χ1) is 19.4. The number of carbonyl (C=O) groups is 3. The third kappa shape index (κ3) is 8.32. The summed E-state index contributed by atoms with van der Waals surface area (Å²) in [6, 6.07) is 24.1. The largest absolute Gasteiger partial charge is 0.444 e. The molecule has 0 saturated carbocycles. The van der Waals surface area contributed by atoms with Crippen molar-refractivity contribution in [3.8, 4) is 0 Å². The van der Waals surface area contributed by atoms with E-state index in [1.807, 2.05) is 60.7 Å². The number of hydroxylamine groups is 1. The van der Waals surface area contributed by atoms with Gasteiger partial charge in [0.1, 0.15) is 30.0 Å². The van der Waals surface area contributed by atoms with Crippen molar-refractivity contribution in [2.45, 2.75) is 32.3 Å². The van der Waals surface area contributed by atoms with Crippen LogP contribution in [0, 0.1) is 0 Å². The number of amides is 3. The number of benzene rings is 3. The van der Waals surface area contributed by atoms with Crippen LogP contribution in [0.4, 0.5) is 21.0 Å². The minimum atomic E-state index is -0.917. The van der Waals surface area contributed by atoms with E-state index in [-0.39, 0.29) is 25.9 Å². The molecule has 0 radical (unpaired) electrons. The molecule has 11 heteroatoms. The molecular formula is C29H29BrN4O6. The summed E-state index contributed by atoms with van der Waals surface area (Å²) in [6.45, 7) is 1.97. The second-order valence-corrected chi connectivity index (χ2v) is 9.69. The van der Waals surface area contributed by atoms with Crippen molar-refractivity contribution >= 4 is 45.4 Å². The lowest BCUT2D eigenvalue weighted by Gasteiger charge is -2.28. The topological polar surface area (TPSA) is 118 Å². The van der Waals surface area contributed by atoms with Gasteiger partial charge in [-0.05, 0) is 64.3 Å². The lowest BCUT2D eigenvalue weighted by molar-refractivity contribution is -0.122. The molecule has 3 N–H and O–H groups in total. The Balaban J connectivity index is 1.42. The first-order valence-electron chi connectivity index (χ1n) is 12.5. The molecule has 2 atom stereocenters. The monoisotopic (exact) mass is 608 g/mol. The van der Waals surface area contributed by atoms with Crippen LogP contribution in [0.15, 0.2) is 95.6 Å². The van der Waals surface area contributed by atoms with Gasteiger partial charge < -0.3 is 14.8 Å². The van der Waals surface area contributed by atoms with Crippen molar-refractivity contribution in [1.82, 2.24) is 10.8 Å². The van der Waals surface area contributed by atoms with Crippen molar-refractivity contribution in [1.29, 1.82) is 0 Å². The fraction of sp³-hybridized carbons (Fsp3) is 0.207. The van der Waals surface area contributed by atoms with E-state index in [1.54, 1.807) is 37.3 Å². The quantitative estimate of drug-likeness (QED) is 0.270. The van der Waals surface area contributed by atoms with Crippen molar-refractivity contribution in [3.63, 3.8) is 0 Å². The number of halogens is 1. The molecule has 40 heavy (non-hydrogen) atoms. The van der Waals surface area contributed by atoms with Crippen LogP contribution in [-0.2, 0) is 32.3 Å². The SMILES string of the molecule is C[C@@H](C(=O)NCC1C=C(Br)NO1)N(C(=O)OCc1ccccc1)c1ccc(NC(=O)OCc2ccccc2)cc1. The number of anilines is 2. The maximum atomic E-state index is 13.2. The van der Waals surface area contributed by atoms with Gasteiger partial charge in [0.25, 0.3) is 0 Å². The van der Waals surface area contributed by atoms with Crippen molar-refractivity contribution in [2.75, 3.05) is 16.8 Å². The Morgan fingerprint density at radius 3 is 2.10 bits per heavy atom. The summed E-state index contributed by atoms with van der Waals surface area (Å²) in [4.78, 5) is 45.1. The Hall–Kier alpha value is -4.35. The van der Waals surface area contributed by atoms with Gasteiger partial charge in [-0.3, -0.25) is 25.3 Å². The Labute approximate surface area is 240 Å². The predicted molar refractivity (Wildman–Crippen MR) is 153 cm³/mol. The number of nitrogens with one attached hydrogen (secondary N) is 3.